The van der Waals surface area contributed by atoms with Crippen molar-refractivity contribution < 1.29 is 9.47 Å². The highest BCUT2D eigenvalue weighted by Crippen LogP contribution is 2.27. The summed E-state index contributed by atoms with van der Waals surface area (Å²) < 4.78 is 11.6. The zero-order valence-electron chi connectivity index (χ0n) is 12.5. The summed E-state index contributed by atoms with van der Waals surface area (Å²) in [7, 11) is 0. The first-order valence-electron chi connectivity index (χ1n) is 7.69. The number of likely N-dealkylation sites (tertiary alicyclic amines) is 1. The Bertz CT molecular complexity index is 195. The van der Waals surface area contributed by atoms with Gasteiger partial charge in [0, 0.05) is 13.2 Å². The molecule has 0 spiro atoms. The molecule has 0 amide bonds. The summed E-state index contributed by atoms with van der Waals surface area (Å²) in [6.45, 7) is 12.1. The van der Waals surface area contributed by atoms with Crippen LogP contribution in [-0.4, -0.2) is 50.0 Å². The van der Waals surface area contributed by atoms with Gasteiger partial charge in [0.05, 0.1) is 18.8 Å². The largest absolute Gasteiger partial charge is 0.380 e. The molecule has 0 aromatic carbocycles. The number of ether oxygens (including phenoxy) is 2. The van der Waals surface area contributed by atoms with E-state index in [9.17, 15) is 0 Å². The van der Waals surface area contributed by atoms with Gasteiger partial charge in [0.1, 0.15) is 0 Å². The minimum absolute atomic E-state index is 0.112. The number of nitrogens with zero attached hydrogens (tertiary/aromatic N) is 1. The predicted octanol–water partition coefficient (Wildman–Crippen LogP) is 3.08. The van der Waals surface area contributed by atoms with Gasteiger partial charge < -0.3 is 9.47 Å². The van der Waals surface area contributed by atoms with E-state index < -0.39 is 0 Å². The molecule has 1 rings (SSSR count). The SMILES string of the molecule is CCCC(COCC)(COCC)N1CCCCC1. The van der Waals surface area contributed by atoms with Crippen LogP contribution >= 0.6 is 0 Å². The molecule has 1 aliphatic heterocycles. The fourth-order valence-electron chi connectivity index (χ4n) is 2.94. The van der Waals surface area contributed by atoms with E-state index in [0.717, 1.165) is 26.4 Å². The molecule has 1 fully saturated rings. The van der Waals surface area contributed by atoms with E-state index in [2.05, 4.69) is 25.7 Å². The molecule has 0 bridgehead atoms. The van der Waals surface area contributed by atoms with Crippen LogP contribution in [0.5, 0.6) is 0 Å². The van der Waals surface area contributed by atoms with E-state index in [4.69, 9.17) is 9.47 Å². The van der Waals surface area contributed by atoms with Crippen molar-refractivity contribution in [2.45, 2.75) is 58.4 Å². The standard InChI is InChI=1S/C15H31NO2/c1-4-10-15(13-17-5-2,14-18-6-3)16-11-8-7-9-12-16/h4-14H2,1-3H3. The quantitative estimate of drug-likeness (QED) is 0.633. The number of hydrogen-bond acceptors (Lipinski definition) is 3. The third-order valence-corrected chi connectivity index (χ3v) is 3.89. The van der Waals surface area contributed by atoms with Crippen LogP contribution in [0.3, 0.4) is 0 Å². The minimum atomic E-state index is 0.112. The van der Waals surface area contributed by atoms with Crippen molar-refractivity contribution >= 4 is 0 Å². The lowest BCUT2D eigenvalue weighted by Gasteiger charge is -2.45. The summed E-state index contributed by atoms with van der Waals surface area (Å²) in [5.41, 5.74) is 0.112. The van der Waals surface area contributed by atoms with Crippen molar-refractivity contribution in [3.63, 3.8) is 0 Å². The number of rotatable bonds is 9. The van der Waals surface area contributed by atoms with Gasteiger partial charge >= 0.3 is 0 Å². The molecular formula is C15H31NO2. The molecule has 0 radical (unpaired) electrons. The Balaban J connectivity index is 2.71. The van der Waals surface area contributed by atoms with E-state index in [0.29, 0.717) is 0 Å². The zero-order chi connectivity index (χ0) is 13.3. The molecule has 1 heterocycles. The van der Waals surface area contributed by atoms with Crippen molar-refractivity contribution in [1.29, 1.82) is 0 Å². The van der Waals surface area contributed by atoms with Crippen molar-refractivity contribution in [1.82, 2.24) is 4.90 Å². The maximum Gasteiger partial charge on any atom is 0.0678 e. The van der Waals surface area contributed by atoms with Gasteiger partial charge in [0.15, 0.2) is 0 Å². The van der Waals surface area contributed by atoms with Crippen LogP contribution < -0.4 is 0 Å². The lowest BCUT2D eigenvalue weighted by Crippen LogP contribution is -2.57. The summed E-state index contributed by atoms with van der Waals surface area (Å²) in [6.07, 6.45) is 6.39. The Morgan fingerprint density at radius 1 is 0.889 bits per heavy atom. The van der Waals surface area contributed by atoms with E-state index in [1.165, 1.54) is 45.2 Å². The Kier molecular flexibility index (Phi) is 7.87. The molecule has 0 unspecified atom stereocenters. The first-order chi connectivity index (χ1) is 8.79. The Morgan fingerprint density at radius 3 is 1.89 bits per heavy atom. The van der Waals surface area contributed by atoms with E-state index in [1.54, 1.807) is 0 Å². The Morgan fingerprint density at radius 2 is 1.44 bits per heavy atom. The van der Waals surface area contributed by atoms with Gasteiger partial charge in [-0.05, 0) is 46.2 Å². The molecule has 0 atom stereocenters. The van der Waals surface area contributed by atoms with Crippen LogP contribution in [0.4, 0.5) is 0 Å². The number of hydrogen-bond donors (Lipinski definition) is 0. The average Bonchev–Trinajstić information content (AvgIpc) is 2.43. The number of piperidine rings is 1. The fraction of sp³-hybridized carbons (Fsp3) is 1.00. The topological polar surface area (TPSA) is 21.7 Å². The fourth-order valence-corrected chi connectivity index (χ4v) is 2.94. The molecule has 18 heavy (non-hydrogen) atoms. The van der Waals surface area contributed by atoms with Crippen molar-refractivity contribution in [3.05, 3.63) is 0 Å². The minimum Gasteiger partial charge on any atom is -0.380 e. The average molecular weight is 257 g/mol. The van der Waals surface area contributed by atoms with E-state index in [-0.39, 0.29) is 5.54 Å². The predicted molar refractivity (Wildman–Crippen MR) is 76.0 cm³/mol. The van der Waals surface area contributed by atoms with Gasteiger partial charge in [-0.1, -0.05) is 19.8 Å². The highest BCUT2D eigenvalue weighted by atomic mass is 16.5. The van der Waals surface area contributed by atoms with Crippen LogP contribution in [-0.2, 0) is 9.47 Å². The summed E-state index contributed by atoms with van der Waals surface area (Å²) in [5, 5.41) is 0. The van der Waals surface area contributed by atoms with Gasteiger partial charge in [-0.3, -0.25) is 4.90 Å². The lowest BCUT2D eigenvalue weighted by atomic mass is 9.90. The van der Waals surface area contributed by atoms with Gasteiger partial charge in [-0.2, -0.15) is 0 Å². The van der Waals surface area contributed by atoms with Crippen molar-refractivity contribution in [3.8, 4) is 0 Å². The maximum absolute atomic E-state index is 5.78. The summed E-state index contributed by atoms with van der Waals surface area (Å²) in [6, 6.07) is 0. The van der Waals surface area contributed by atoms with Gasteiger partial charge in [0.25, 0.3) is 0 Å². The lowest BCUT2D eigenvalue weighted by molar-refractivity contribution is -0.0685. The maximum atomic E-state index is 5.78. The molecule has 1 saturated heterocycles. The molecule has 3 heteroatoms. The molecule has 108 valence electrons. The highest BCUT2D eigenvalue weighted by molar-refractivity contribution is 4.92. The van der Waals surface area contributed by atoms with Crippen LogP contribution in [0.25, 0.3) is 0 Å². The van der Waals surface area contributed by atoms with E-state index >= 15 is 0 Å². The second-order valence-electron chi connectivity index (χ2n) is 5.30. The summed E-state index contributed by atoms with van der Waals surface area (Å²) in [4.78, 5) is 2.63. The van der Waals surface area contributed by atoms with Crippen LogP contribution in [0, 0.1) is 0 Å². The third kappa shape index (κ3) is 4.52. The van der Waals surface area contributed by atoms with Crippen LogP contribution in [0.2, 0.25) is 0 Å². The zero-order valence-corrected chi connectivity index (χ0v) is 12.5. The summed E-state index contributed by atoms with van der Waals surface area (Å²) in [5.74, 6) is 0. The Hall–Kier alpha value is -0.120. The molecular weight excluding hydrogens is 226 g/mol. The van der Waals surface area contributed by atoms with Gasteiger partial charge in [0.2, 0.25) is 0 Å². The van der Waals surface area contributed by atoms with E-state index in [1.807, 2.05) is 0 Å². The van der Waals surface area contributed by atoms with Crippen LogP contribution in [0.15, 0.2) is 0 Å². The van der Waals surface area contributed by atoms with Crippen molar-refractivity contribution in [2.75, 3.05) is 39.5 Å². The van der Waals surface area contributed by atoms with Gasteiger partial charge in [-0.15, -0.1) is 0 Å². The molecule has 0 saturated carbocycles. The highest BCUT2D eigenvalue weighted by Gasteiger charge is 2.37. The first-order valence-corrected chi connectivity index (χ1v) is 7.69. The molecule has 0 N–H and O–H groups in total. The second kappa shape index (κ2) is 8.89. The molecule has 1 aliphatic rings. The smallest absolute Gasteiger partial charge is 0.0678 e. The monoisotopic (exact) mass is 257 g/mol. The second-order valence-corrected chi connectivity index (χ2v) is 5.30. The molecule has 0 aromatic rings. The van der Waals surface area contributed by atoms with Crippen molar-refractivity contribution in [2.24, 2.45) is 0 Å². The van der Waals surface area contributed by atoms with Gasteiger partial charge in [-0.25, -0.2) is 0 Å². The first kappa shape index (κ1) is 15.9. The summed E-state index contributed by atoms with van der Waals surface area (Å²) >= 11 is 0. The Labute approximate surface area is 113 Å². The molecule has 0 aromatic heterocycles. The third-order valence-electron chi connectivity index (χ3n) is 3.89. The van der Waals surface area contributed by atoms with Crippen LogP contribution in [0.1, 0.15) is 52.9 Å². The molecule has 3 nitrogen and oxygen atoms in total. The molecule has 0 aliphatic carbocycles. The normalized spacial score (nSPS) is 18.2.